The third-order valence-electron chi connectivity index (χ3n) is 3.58. The van der Waals surface area contributed by atoms with E-state index in [0.717, 1.165) is 11.3 Å². The van der Waals surface area contributed by atoms with Gasteiger partial charge in [0.25, 0.3) is 5.91 Å². The molecule has 1 N–H and O–H groups in total. The second-order valence-electron chi connectivity index (χ2n) is 5.63. The van der Waals surface area contributed by atoms with Crippen molar-refractivity contribution in [2.24, 2.45) is 0 Å². The molecule has 1 amide bonds. The van der Waals surface area contributed by atoms with Crippen molar-refractivity contribution in [3.8, 4) is 16.3 Å². The number of para-hydroxylation sites is 1. The number of amides is 1. The monoisotopic (exact) mass is 416 g/mol. The van der Waals surface area contributed by atoms with Gasteiger partial charge in [-0.1, -0.05) is 41.9 Å². The zero-order valence-electron chi connectivity index (χ0n) is 14.8. The molecule has 1 heterocycles. The highest BCUT2D eigenvalue weighted by Gasteiger charge is 2.15. The van der Waals surface area contributed by atoms with Gasteiger partial charge >= 0.3 is 5.97 Å². The Hall–Kier alpha value is -2.90. The molecule has 28 heavy (non-hydrogen) atoms. The molecule has 0 radical (unpaired) electrons. The van der Waals surface area contributed by atoms with Gasteiger partial charge in [0.05, 0.1) is 6.54 Å². The number of thiazole rings is 1. The zero-order valence-corrected chi connectivity index (χ0v) is 16.3. The summed E-state index contributed by atoms with van der Waals surface area (Å²) in [6.45, 7) is 0.251. The third-order valence-corrected chi connectivity index (χ3v) is 4.72. The first-order chi connectivity index (χ1) is 13.6. The number of carbonyl (C=O) groups is 2. The quantitative estimate of drug-likeness (QED) is 0.446. The number of rotatable bonds is 8. The minimum atomic E-state index is -0.646. The minimum Gasteiger partial charge on any atom is -0.492 e. The summed E-state index contributed by atoms with van der Waals surface area (Å²) in [6.07, 6.45) is 0. The number of nitrogens with zero attached hydrogens (tertiary/aromatic N) is 1. The molecule has 0 bridgehead atoms. The molecule has 0 saturated heterocycles. The number of benzene rings is 2. The average Bonchev–Trinajstić information content (AvgIpc) is 3.21. The largest absolute Gasteiger partial charge is 0.492 e. The number of carbonyl (C=O) groups excluding carboxylic acids is 2. The van der Waals surface area contributed by atoms with Gasteiger partial charge in [0.1, 0.15) is 17.4 Å². The molecule has 0 spiro atoms. The van der Waals surface area contributed by atoms with E-state index >= 15 is 0 Å². The van der Waals surface area contributed by atoms with E-state index in [1.807, 2.05) is 42.5 Å². The van der Waals surface area contributed by atoms with Crippen LogP contribution in [0.5, 0.6) is 5.75 Å². The van der Waals surface area contributed by atoms with Gasteiger partial charge in [-0.05, 0) is 24.3 Å². The van der Waals surface area contributed by atoms with Crippen LogP contribution < -0.4 is 10.1 Å². The highest BCUT2D eigenvalue weighted by Crippen LogP contribution is 2.25. The van der Waals surface area contributed by atoms with Crippen LogP contribution in [0.15, 0.2) is 60.0 Å². The van der Waals surface area contributed by atoms with Crippen molar-refractivity contribution in [2.45, 2.75) is 0 Å². The Kier molecular flexibility index (Phi) is 7.00. The first-order valence-corrected chi connectivity index (χ1v) is 9.71. The molecule has 3 aromatic rings. The highest BCUT2D eigenvalue weighted by molar-refractivity contribution is 7.13. The van der Waals surface area contributed by atoms with Gasteiger partial charge in [-0.2, -0.15) is 0 Å². The predicted octanol–water partition coefficient (Wildman–Crippen LogP) is 3.82. The van der Waals surface area contributed by atoms with Crippen molar-refractivity contribution < 1.29 is 19.1 Å². The molecule has 0 fully saturated rings. The maximum absolute atomic E-state index is 12.1. The van der Waals surface area contributed by atoms with Crippen LogP contribution in [0.2, 0.25) is 5.02 Å². The Morgan fingerprint density at radius 3 is 2.57 bits per heavy atom. The van der Waals surface area contributed by atoms with Crippen LogP contribution in [-0.2, 0) is 9.53 Å². The molecule has 0 aliphatic rings. The van der Waals surface area contributed by atoms with Gasteiger partial charge in [0.2, 0.25) is 0 Å². The summed E-state index contributed by atoms with van der Waals surface area (Å²) >= 11 is 7.18. The lowest BCUT2D eigenvalue weighted by molar-refractivity contribution is -0.124. The van der Waals surface area contributed by atoms with Crippen molar-refractivity contribution in [1.82, 2.24) is 10.3 Å². The lowest BCUT2D eigenvalue weighted by Gasteiger charge is -2.07. The Morgan fingerprint density at radius 1 is 1.07 bits per heavy atom. The van der Waals surface area contributed by atoms with Crippen LogP contribution in [-0.4, -0.2) is 36.6 Å². The summed E-state index contributed by atoms with van der Waals surface area (Å²) in [5.41, 5.74) is 1.01. The van der Waals surface area contributed by atoms with Gasteiger partial charge in [0.15, 0.2) is 12.3 Å². The normalized spacial score (nSPS) is 10.3. The van der Waals surface area contributed by atoms with E-state index in [2.05, 4.69) is 10.3 Å². The molecular weight excluding hydrogens is 400 g/mol. The average molecular weight is 417 g/mol. The van der Waals surface area contributed by atoms with E-state index in [1.165, 1.54) is 11.3 Å². The van der Waals surface area contributed by atoms with Crippen molar-refractivity contribution in [1.29, 1.82) is 0 Å². The SMILES string of the molecule is O=C(COC(=O)c1csc(-c2ccc(Cl)cc2)n1)NCCOc1ccccc1. The number of aromatic nitrogens is 1. The first kappa shape index (κ1) is 19.9. The lowest BCUT2D eigenvalue weighted by Crippen LogP contribution is -2.32. The maximum atomic E-state index is 12.1. The van der Waals surface area contributed by atoms with Crippen LogP contribution in [0.25, 0.3) is 10.6 Å². The number of hydrogen-bond acceptors (Lipinski definition) is 6. The summed E-state index contributed by atoms with van der Waals surface area (Å²) in [6, 6.07) is 16.4. The van der Waals surface area contributed by atoms with Crippen molar-refractivity contribution >= 4 is 34.8 Å². The number of hydrogen-bond donors (Lipinski definition) is 1. The first-order valence-electron chi connectivity index (χ1n) is 8.45. The fourth-order valence-electron chi connectivity index (χ4n) is 2.22. The lowest BCUT2D eigenvalue weighted by atomic mass is 10.2. The van der Waals surface area contributed by atoms with Gasteiger partial charge in [-0.25, -0.2) is 9.78 Å². The molecule has 3 rings (SSSR count). The van der Waals surface area contributed by atoms with Crippen LogP contribution in [0, 0.1) is 0 Å². The molecule has 0 saturated carbocycles. The summed E-state index contributed by atoms with van der Waals surface area (Å²) in [4.78, 5) is 28.1. The van der Waals surface area contributed by atoms with Gasteiger partial charge < -0.3 is 14.8 Å². The molecule has 0 unspecified atom stereocenters. The molecule has 2 aromatic carbocycles. The molecule has 0 atom stereocenters. The Bertz CT molecular complexity index is 929. The topological polar surface area (TPSA) is 77.5 Å². The van der Waals surface area contributed by atoms with E-state index in [-0.39, 0.29) is 12.3 Å². The van der Waals surface area contributed by atoms with E-state index < -0.39 is 11.9 Å². The molecule has 1 aromatic heterocycles. The molecule has 0 aliphatic carbocycles. The Morgan fingerprint density at radius 2 is 1.82 bits per heavy atom. The third kappa shape index (κ3) is 5.80. The maximum Gasteiger partial charge on any atom is 0.358 e. The fourth-order valence-corrected chi connectivity index (χ4v) is 3.15. The van der Waals surface area contributed by atoms with Crippen LogP contribution >= 0.6 is 22.9 Å². The summed E-state index contributed by atoms with van der Waals surface area (Å²) in [5, 5.41) is 5.52. The summed E-state index contributed by atoms with van der Waals surface area (Å²) in [5.74, 6) is -0.325. The van der Waals surface area contributed by atoms with Crippen molar-refractivity contribution in [3.63, 3.8) is 0 Å². The van der Waals surface area contributed by atoms with Crippen molar-refractivity contribution in [3.05, 3.63) is 70.7 Å². The van der Waals surface area contributed by atoms with E-state index in [4.69, 9.17) is 21.1 Å². The molecular formula is C20H17ClN2O4S. The number of halogens is 1. The van der Waals surface area contributed by atoms with E-state index in [9.17, 15) is 9.59 Å². The number of ether oxygens (including phenoxy) is 2. The molecule has 8 heteroatoms. The highest BCUT2D eigenvalue weighted by atomic mass is 35.5. The Labute approximate surface area is 171 Å². The zero-order chi connectivity index (χ0) is 19.8. The smallest absolute Gasteiger partial charge is 0.358 e. The molecule has 0 aliphatic heterocycles. The van der Waals surface area contributed by atoms with Crippen LogP contribution in [0.4, 0.5) is 0 Å². The Balaban J connectivity index is 1.40. The number of esters is 1. The van der Waals surface area contributed by atoms with E-state index in [0.29, 0.717) is 23.2 Å². The van der Waals surface area contributed by atoms with Crippen LogP contribution in [0.3, 0.4) is 0 Å². The van der Waals surface area contributed by atoms with Gasteiger partial charge in [-0.3, -0.25) is 4.79 Å². The minimum absolute atomic E-state index is 0.162. The second kappa shape index (κ2) is 9.87. The van der Waals surface area contributed by atoms with E-state index in [1.54, 1.807) is 17.5 Å². The standard InChI is InChI=1S/C20H17ClN2O4S/c21-15-8-6-14(7-9-15)19-23-17(13-28-19)20(25)27-12-18(24)22-10-11-26-16-4-2-1-3-5-16/h1-9,13H,10-12H2,(H,22,24). The predicted molar refractivity (Wildman–Crippen MR) is 108 cm³/mol. The molecule has 144 valence electrons. The van der Waals surface area contributed by atoms with Crippen molar-refractivity contribution in [2.75, 3.05) is 19.8 Å². The summed E-state index contributed by atoms with van der Waals surface area (Å²) < 4.78 is 10.5. The summed E-state index contributed by atoms with van der Waals surface area (Å²) in [7, 11) is 0. The molecule has 6 nitrogen and oxygen atoms in total. The van der Waals surface area contributed by atoms with Gasteiger partial charge in [-0.15, -0.1) is 11.3 Å². The second-order valence-corrected chi connectivity index (χ2v) is 6.93. The van der Waals surface area contributed by atoms with Crippen LogP contribution in [0.1, 0.15) is 10.5 Å². The van der Waals surface area contributed by atoms with Gasteiger partial charge in [0, 0.05) is 16.0 Å². The fraction of sp³-hybridized carbons (Fsp3) is 0.150. The number of nitrogens with one attached hydrogen (secondary N) is 1.